The molecule has 0 saturated carbocycles. The Balaban J connectivity index is 2.47. The Morgan fingerprint density at radius 3 is 2.53 bits per heavy atom. The van der Waals surface area contributed by atoms with Crippen molar-refractivity contribution in [2.75, 3.05) is 19.6 Å². The third-order valence-electron chi connectivity index (χ3n) is 2.44. The lowest BCUT2D eigenvalue weighted by molar-refractivity contribution is 0.0702. The number of carboxylic acids is 1. The topological polar surface area (TPSA) is 40.5 Å². The predicted octanol–water partition coefficient (Wildman–Crippen LogP) is 2.33. The van der Waals surface area contributed by atoms with Crippen LogP contribution in [0.4, 0.5) is 0 Å². The van der Waals surface area contributed by atoms with Gasteiger partial charge in [0.25, 0.3) is 0 Å². The molecule has 0 aromatic carbocycles. The molecule has 0 atom stereocenters. The maximum Gasteiger partial charge on any atom is 0.345 e. The van der Waals surface area contributed by atoms with Crippen LogP contribution >= 0.6 is 11.3 Å². The van der Waals surface area contributed by atoms with Gasteiger partial charge in [0, 0.05) is 11.4 Å². The first-order chi connectivity index (χ1) is 7.17. The number of thiophene rings is 1. The lowest BCUT2D eigenvalue weighted by atomic mass is 10.3. The summed E-state index contributed by atoms with van der Waals surface area (Å²) in [6, 6.07) is 3.60. The third-order valence-corrected chi connectivity index (χ3v) is 3.57. The summed E-state index contributed by atoms with van der Waals surface area (Å²) in [5.41, 5.74) is 0. The van der Waals surface area contributed by atoms with Crippen LogP contribution in [-0.2, 0) is 6.42 Å². The summed E-state index contributed by atoms with van der Waals surface area (Å²) in [5.74, 6) is -0.825. The van der Waals surface area contributed by atoms with E-state index in [0.29, 0.717) is 4.88 Å². The van der Waals surface area contributed by atoms with Gasteiger partial charge in [-0.25, -0.2) is 4.79 Å². The van der Waals surface area contributed by atoms with Crippen LogP contribution in [-0.4, -0.2) is 35.6 Å². The lowest BCUT2D eigenvalue weighted by Gasteiger charge is -2.16. The SMILES string of the molecule is CCN(CC)CCc1ccc(C(=O)O)s1. The van der Waals surface area contributed by atoms with Crippen molar-refractivity contribution in [3.63, 3.8) is 0 Å². The van der Waals surface area contributed by atoms with Gasteiger partial charge in [0.2, 0.25) is 0 Å². The Hall–Kier alpha value is -0.870. The van der Waals surface area contributed by atoms with Crippen molar-refractivity contribution in [2.24, 2.45) is 0 Å². The van der Waals surface area contributed by atoms with Gasteiger partial charge < -0.3 is 10.0 Å². The fourth-order valence-corrected chi connectivity index (χ4v) is 2.27. The molecule has 0 aliphatic rings. The number of carboxylic acid groups (broad SMARTS) is 1. The van der Waals surface area contributed by atoms with Gasteiger partial charge in [0.1, 0.15) is 4.88 Å². The number of nitrogens with zero attached hydrogens (tertiary/aromatic N) is 1. The Morgan fingerprint density at radius 2 is 2.07 bits per heavy atom. The van der Waals surface area contributed by atoms with Gasteiger partial charge in [-0.3, -0.25) is 0 Å². The van der Waals surface area contributed by atoms with Crippen molar-refractivity contribution in [3.8, 4) is 0 Å². The first-order valence-electron chi connectivity index (χ1n) is 5.21. The van der Waals surface area contributed by atoms with Crippen LogP contribution in [0, 0.1) is 0 Å². The largest absolute Gasteiger partial charge is 0.477 e. The molecule has 4 heteroatoms. The molecule has 15 heavy (non-hydrogen) atoms. The maximum atomic E-state index is 10.7. The highest BCUT2D eigenvalue weighted by Gasteiger charge is 2.07. The number of aromatic carboxylic acids is 1. The molecule has 0 bridgehead atoms. The van der Waals surface area contributed by atoms with Crippen LogP contribution in [0.25, 0.3) is 0 Å². The molecule has 1 N–H and O–H groups in total. The summed E-state index contributed by atoms with van der Waals surface area (Å²) in [6.07, 6.45) is 0.944. The third kappa shape index (κ3) is 3.64. The van der Waals surface area contributed by atoms with Crippen molar-refractivity contribution < 1.29 is 9.90 Å². The highest BCUT2D eigenvalue weighted by molar-refractivity contribution is 7.13. The molecule has 0 saturated heterocycles. The minimum atomic E-state index is -0.825. The number of hydrogen-bond acceptors (Lipinski definition) is 3. The second-order valence-corrected chi connectivity index (χ2v) is 4.52. The molecule has 1 rings (SSSR count). The van der Waals surface area contributed by atoms with Crippen molar-refractivity contribution in [2.45, 2.75) is 20.3 Å². The molecule has 84 valence electrons. The van der Waals surface area contributed by atoms with Gasteiger partial charge in [-0.2, -0.15) is 0 Å². The zero-order valence-corrected chi connectivity index (χ0v) is 10.0. The van der Waals surface area contributed by atoms with Gasteiger partial charge in [0.15, 0.2) is 0 Å². The molecule has 1 aromatic heterocycles. The summed E-state index contributed by atoms with van der Waals surface area (Å²) < 4.78 is 0. The molecular weight excluding hydrogens is 210 g/mol. The van der Waals surface area contributed by atoms with Gasteiger partial charge in [0.05, 0.1) is 0 Å². The maximum absolute atomic E-state index is 10.7. The Kier molecular flexibility index (Phi) is 4.78. The van der Waals surface area contributed by atoms with Crippen molar-refractivity contribution in [1.82, 2.24) is 4.90 Å². The van der Waals surface area contributed by atoms with Crippen LogP contribution in [0.5, 0.6) is 0 Å². The molecule has 0 aliphatic heterocycles. The highest BCUT2D eigenvalue weighted by atomic mass is 32.1. The molecule has 0 spiro atoms. The fraction of sp³-hybridized carbons (Fsp3) is 0.545. The Morgan fingerprint density at radius 1 is 1.40 bits per heavy atom. The fourth-order valence-electron chi connectivity index (χ4n) is 1.44. The van der Waals surface area contributed by atoms with Gasteiger partial charge in [-0.15, -0.1) is 11.3 Å². The zero-order chi connectivity index (χ0) is 11.3. The summed E-state index contributed by atoms with van der Waals surface area (Å²) >= 11 is 1.38. The first-order valence-corrected chi connectivity index (χ1v) is 6.03. The first kappa shape index (κ1) is 12.2. The molecule has 0 aliphatic carbocycles. The van der Waals surface area contributed by atoms with Crippen molar-refractivity contribution >= 4 is 17.3 Å². The van der Waals surface area contributed by atoms with E-state index < -0.39 is 5.97 Å². The smallest absolute Gasteiger partial charge is 0.345 e. The minimum Gasteiger partial charge on any atom is -0.477 e. The minimum absolute atomic E-state index is 0.435. The molecule has 1 aromatic rings. The summed E-state index contributed by atoms with van der Waals surface area (Å²) in [4.78, 5) is 14.6. The van der Waals surface area contributed by atoms with Gasteiger partial charge >= 0.3 is 5.97 Å². The molecular formula is C11H17NO2S. The molecule has 0 radical (unpaired) electrons. The van der Waals surface area contributed by atoms with E-state index in [1.807, 2.05) is 6.07 Å². The second-order valence-electron chi connectivity index (χ2n) is 3.35. The number of likely N-dealkylation sites (N-methyl/N-ethyl adjacent to an activating group) is 1. The van der Waals surface area contributed by atoms with Gasteiger partial charge in [-0.05, 0) is 31.6 Å². The van der Waals surface area contributed by atoms with Crippen LogP contribution in [0.15, 0.2) is 12.1 Å². The average Bonchev–Trinajstić information content (AvgIpc) is 2.68. The van der Waals surface area contributed by atoms with Gasteiger partial charge in [-0.1, -0.05) is 13.8 Å². The molecule has 3 nitrogen and oxygen atoms in total. The van der Waals surface area contributed by atoms with E-state index in [1.165, 1.54) is 11.3 Å². The number of rotatable bonds is 6. The summed E-state index contributed by atoms with van der Waals surface area (Å²) in [6.45, 7) is 7.38. The van der Waals surface area contributed by atoms with Crippen molar-refractivity contribution in [3.05, 3.63) is 21.9 Å². The monoisotopic (exact) mass is 227 g/mol. The molecule has 0 fully saturated rings. The van der Waals surface area contributed by atoms with Crippen LogP contribution in [0.3, 0.4) is 0 Å². The second kappa shape index (κ2) is 5.88. The number of carbonyl (C=O) groups is 1. The van der Waals surface area contributed by atoms with Crippen LogP contribution < -0.4 is 0 Å². The standard InChI is InChI=1S/C11H17NO2S/c1-3-12(4-2)8-7-9-5-6-10(15-9)11(13)14/h5-6H,3-4,7-8H2,1-2H3,(H,13,14). The predicted molar refractivity (Wildman–Crippen MR) is 62.8 cm³/mol. The van der Waals surface area contributed by atoms with E-state index in [1.54, 1.807) is 6.07 Å². The quantitative estimate of drug-likeness (QED) is 0.811. The van der Waals surface area contributed by atoms with E-state index >= 15 is 0 Å². The van der Waals surface area contributed by atoms with E-state index in [4.69, 9.17) is 5.11 Å². The van der Waals surface area contributed by atoms with E-state index in [2.05, 4.69) is 18.7 Å². The van der Waals surface area contributed by atoms with E-state index in [-0.39, 0.29) is 0 Å². The lowest BCUT2D eigenvalue weighted by Crippen LogP contribution is -2.25. The van der Waals surface area contributed by atoms with Crippen LogP contribution in [0.1, 0.15) is 28.4 Å². The highest BCUT2D eigenvalue weighted by Crippen LogP contribution is 2.17. The average molecular weight is 227 g/mol. The van der Waals surface area contributed by atoms with E-state index in [0.717, 1.165) is 30.9 Å². The Labute approximate surface area is 94.3 Å². The molecule has 1 heterocycles. The zero-order valence-electron chi connectivity index (χ0n) is 9.19. The molecule has 0 amide bonds. The number of hydrogen-bond donors (Lipinski definition) is 1. The normalized spacial score (nSPS) is 10.9. The van der Waals surface area contributed by atoms with Crippen molar-refractivity contribution in [1.29, 1.82) is 0 Å². The molecule has 0 unspecified atom stereocenters. The Bertz CT molecular complexity index is 318. The van der Waals surface area contributed by atoms with Crippen LogP contribution in [0.2, 0.25) is 0 Å². The summed E-state index contributed by atoms with van der Waals surface area (Å²) in [7, 11) is 0. The summed E-state index contributed by atoms with van der Waals surface area (Å²) in [5, 5.41) is 8.77. The van der Waals surface area contributed by atoms with E-state index in [9.17, 15) is 4.79 Å².